The molecule has 1 atom stereocenters. The van der Waals surface area contributed by atoms with E-state index in [0.717, 1.165) is 0 Å². The van der Waals surface area contributed by atoms with Gasteiger partial charge in [-0.25, -0.2) is 0 Å². The second-order valence-corrected chi connectivity index (χ2v) is 5.67. The molecule has 0 rings (SSSR count). The number of rotatable bonds is 7. The summed E-state index contributed by atoms with van der Waals surface area (Å²) in [5.41, 5.74) is 0.0335. The van der Waals surface area contributed by atoms with Gasteiger partial charge in [0.2, 0.25) is 5.91 Å². The largest absolute Gasteiger partial charge is 0.480 e. The van der Waals surface area contributed by atoms with Crippen LogP contribution in [-0.2, 0) is 14.3 Å². The zero-order valence-electron chi connectivity index (χ0n) is 12.0. The van der Waals surface area contributed by atoms with Crippen LogP contribution >= 0.6 is 0 Å². The van der Waals surface area contributed by atoms with Crippen molar-refractivity contribution in [2.24, 2.45) is 11.3 Å². The third-order valence-electron chi connectivity index (χ3n) is 3.20. The van der Waals surface area contributed by atoms with Crippen molar-refractivity contribution in [3.63, 3.8) is 0 Å². The molecule has 1 unspecified atom stereocenters. The lowest BCUT2D eigenvalue weighted by Gasteiger charge is -2.29. The van der Waals surface area contributed by atoms with E-state index < -0.39 is 5.97 Å². The Hall–Kier alpha value is -1.10. The van der Waals surface area contributed by atoms with E-state index in [2.05, 4.69) is 20.8 Å². The molecule has 18 heavy (non-hydrogen) atoms. The lowest BCUT2D eigenvalue weighted by Crippen LogP contribution is -2.39. The van der Waals surface area contributed by atoms with E-state index >= 15 is 0 Å². The lowest BCUT2D eigenvalue weighted by atomic mass is 9.80. The Morgan fingerprint density at radius 1 is 1.33 bits per heavy atom. The number of ether oxygens (including phenoxy) is 1. The minimum absolute atomic E-state index is 0.0335. The molecule has 0 aliphatic rings. The number of hydrogen-bond donors (Lipinski definition) is 1. The first-order valence-corrected chi connectivity index (χ1v) is 6.17. The Bertz CT molecular complexity index is 283. The Morgan fingerprint density at radius 2 is 1.89 bits per heavy atom. The SMILES string of the molecule is COCCN(CC(=O)O)C(=O)CC(C)C(C)(C)C. The average molecular weight is 259 g/mol. The summed E-state index contributed by atoms with van der Waals surface area (Å²) < 4.78 is 4.89. The van der Waals surface area contributed by atoms with Gasteiger partial charge < -0.3 is 14.7 Å². The summed E-state index contributed by atoms with van der Waals surface area (Å²) in [6.45, 7) is 8.62. The van der Waals surface area contributed by atoms with Crippen molar-refractivity contribution in [2.75, 3.05) is 26.8 Å². The summed E-state index contributed by atoms with van der Waals surface area (Å²) in [5, 5.41) is 8.79. The summed E-state index contributed by atoms with van der Waals surface area (Å²) in [7, 11) is 1.53. The second kappa shape index (κ2) is 7.36. The lowest BCUT2D eigenvalue weighted by molar-refractivity contribution is -0.145. The van der Waals surface area contributed by atoms with Gasteiger partial charge in [0.1, 0.15) is 6.54 Å². The highest BCUT2D eigenvalue weighted by molar-refractivity contribution is 5.81. The third kappa shape index (κ3) is 6.59. The number of carboxylic acid groups (broad SMARTS) is 1. The number of aliphatic carboxylic acids is 1. The minimum atomic E-state index is -0.997. The summed E-state index contributed by atoms with van der Waals surface area (Å²) >= 11 is 0. The Labute approximate surface area is 109 Å². The summed E-state index contributed by atoms with van der Waals surface area (Å²) in [6, 6.07) is 0. The number of carbonyl (C=O) groups excluding carboxylic acids is 1. The molecule has 0 saturated carbocycles. The van der Waals surface area contributed by atoms with Crippen LogP contribution in [0.4, 0.5) is 0 Å². The van der Waals surface area contributed by atoms with E-state index in [1.54, 1.807) is 0 Å². The summed E-state index contributed by atoms with van der Waals surface area (Å²) in [5.74, 6) is -0.927. The zero-order chi connectivity index (χ0) is 14.3. The number of amides is 1. The van der Waals surface area contributed by atoms with Crippen molar-refractivity contribution in [1.82, 2.24) is 4.90 Å². The molecule has 1 amide bonds. The molecule has 0 aromatic heterocycles. The van der Waals surface area contributed by atoms with Gasteiger partial charge in [-0.1, -0.05) is 27.7 Å². The number of nitrogens with zero attached hydrogens (tertiary/aromatic N) is 1. The first-order chi connectivity index (χ1) is 8.18. The van der Waals surface area contributed by atoms with Crippen LogP contribution in [0.15, 0.2) is 0 Å². The van der Waals surface area contributed by atoms with Gasteiger partial charge >= 0.3 is 5.97 Å². The van der Waals surface area contributed by atoms with Crippen LogP contribution in [0.3, 0.4) is 0 Å². The average Bonchev–Trinajstić information content (AvgIpc) is 2.22. The number of hydrogen-bond acceptors (Lipinski definition) is 3. The maximum atomic E-state index is 12.0. The molecule has 5 heteroatoms. The highest BCUT2D eigenvalue weighted by Crippen LogP contribution is 2.28. The monoisotopic (exact) mass is 259 g/mol. The molecule has 0 aromatic carbocycles. The molecular formula is C13H25NO4. The zero-order valence-corrected chi connectivity index (χ0v) is 12.0. The van der Waals surface area contributed by atoms with Crippen molar-refractivity contribution in [2.45, 2.75) is 34.1 Å². The van der Waals surface area contributed by atoms with E-state index in [-0.39, 0.29) is 23.8 Å². The molecule has 0 saturated heterocycles. The number of carboxylic acids is 1. The molecule has 0 aromatic rings. The van der Waals surface area contributed by atoms with Gasteiger partial charge in [0, 0.05) is 20.1 Å². The van der Waals surface area contributed by atoms with Crippen LogP contribution in [0, 0.1) is 11.3 Å². The predicted octanol–water partition coefficient (Wildman–Crippen LogP) is 1.62. The molecule has 0 bridgehead atoms. The Morgan fingerprint density at radius 3 is 2.28 bits per heavy atom. The standard InChI is InChI=1S/C13H25NO4/c1-10(13(2,3)4)8-11(15)14(6-7-18-5)9-12(16)17/h10H,6-9H2,1-5H3,(H,16,17). The molecule has 1 N–H and O–H groups in total. The van der Waals surface area contributed by atoms with Gasteiger partial charge in [-0.15, -0.1) is 0 Å². The quantitative estimate of drug-likeness (QED) is 0.754. The fraction of sp³-hybridized carbons (Fsp3) is 0.846. The van der Waals surface area contributed by atoms with Crippen LogP contribution in [0.1, 0.15) is 34.1 Å². The van der Waals surface area contributed by atoms with E-state index in [9.17, 15) is 9.59 Å². The predicted molar refractivity (Wildman–Crippen MR) is 69.3 cm³/mol. The van der Waals surface area contributed by atoms with Crippen molar-refractivity contribution in [3.05, 3.63) is 0 Å². The highest BCUT2D eigenvalue weighted by atomic mass is 16.5. The topological polar surface area (TPSA) is 66.8 Å². The van der Waals surface area contributed by atoms with Gasteiger partial charge in [-0.2, -0.15) is 0 Å². The Kier molecular flexibility index (Phi) is 6.91. The van der Waals surface area contributed by atoms with Crippen LogP contribution in [0.25, 0.3) is 0 Å². The molecule has 5 nitrogen and oxygen atoms in total. The van der Waals surface area contributed by atoms with Crippen LogP contribution in [0.2, 0.25) is 0 Å². The van der Waals surface area contributed by atoms with Crippen molar-refractivity contribution < 1.29 is 19.4 Å². The molecule has 0 aliphatic heterocycles. The fourth-order valence-corrected chi connectivity index (χ4v) is 1.35. The molecule has 0 radical (unpaired) electrons. The third-order valence-corrected chi connectivity index (χ3v) is 3.20. The smallest absolute Gasteiger partial charge is 0.323 e. The number of methoxy groups -OCH3 is 1. The maximum absolute atomic E-state index is 12.0. The molecule has 0 heterocycles. The van der Waals surface area contributed by atoms with Crippen molar-refractivity contribution in [1.29, 1.82) is 0 Å². The van der Waals surface area contributed by atoms with E-state index in [1.165, 1.54) is 12.0 Å². The number of carbonyl (C=O) groups is 2. The van der Waals surface area contributed by atoms with Crippen molar-refractivity contribution in [3.8, 4) is 0 Å². The van der Waals surface area contributed by atoms with Gasteiger partial charge in [-0.05, 0) is 11.3 Å². The first-order valence-electron chi connectivity index (χ1n) is 6.17. The van der Waals surface area contributed by atoms with E-state index in [4.69, 9.17) is 9.84 Å². The van der Waals surface area contributed by atoms with E-state index in [0.29, 0.717) is 19.6 Å². The summed E-state index contributed by atoms with van der Waals surface area (Å²) in [6.07, 6.45) is 0.362. The van der Waals surface area contributed by atoms with Crippen molar-refractivity contribution >= 4 is 11.9 Å². The normalized spacial score (nSPS) is 13.2. The van der Waals surface area contributed by atoms with Gasteiger partial charge in [0.15, 0.2) is 0 Å². The van der Waals surface area contributed by atoms with Crippen LogP contribution in [-0.4, -0.2) is 48.7 Å². The summed E-state index contributed by atoms with van der Waals surface area (Å²) in [4.78, 5) is 24.1. The van der Waals surface area contributed by atoms with Gasteiger partial charge in [0.05, 0.1) is 6.61 Å². The maximum Gasteiger partial charge on any atom is 0.323 e. The van der Waals surface area contributed by atoms with Crippen LogP contribution < -0.4 is 0 Å². The molecule has 0 aliphatic carbocycles. The molecule has 0 spiro atoms. The molecule has 0 fully saturated rings. The van der Waals surface area contributed by atoms with Crippen LogP contribution in [0.5, 0.6) is 0 Å². The highest BCUT2D eigenvalue weighted by Gasteiger charge is 2.25. The fourth-order valence-electron chi connectivity index (χ4n) is 1.35. The van der Waals surface area contributed by atoms with Gasteiger partial charge in [0.25, 0.3) is 0 Å². The molecular weight excluding hydrogens is 234 g/mol. The second-order valence-electron chi connectivity index (χ2n) is 5.67. The van der Waals surface area contributed by atoms with E-state index in [1.807, 2.05) is 6.92 Å². The first kappa shape index (κ1) is 16.9. The minimum Gasteiger partial charge on any atom is -0.480 e. The Balaban J connectivity index is 4.50. The molecule has 106 valence electrons. The van der Waals surface area contributed by atoms with Gasteiger partial charge in [-0.3, -0.25) is 9.59 Å².